The Kier molecular flexibility index (Phi) is 6.51. The van der Waals surface area contributed by atoms with Gasteiger partial charge in [-0.15, -0.1) is 22.7 Å². The van der Waals surface area contributed by atoms with Crippen LogP contribution in [0.15, 0.2) is 152 Å². The van der Waals surface area contributed by atoms with Crippen LogP contribution in [0.2, 0.25) is 0 Å². The van der Waals surface area contributed by atoms with Gasteiger partial charge in [-0.2, -0.15) is 0 Å². The molecule has 0 aliphatic rings. The molecule has 0 radical (unpaired) electrons. The topological polar surface area (TPSA) is 38.7 Å². The number of aromatic nitrogens is 3. The fraction of sp³-hybridized carbons (Fsp3) is 0. The van der Waals surface area contributed by atoms with Crippen molar-refractivity contribution in [2.75, 3.05) is 0 Å². The molecule has 9 rings (SSSR count). The Morgan fingerprint density at radius 2 is 0.957 bits per heavy atom. The van der Waals surface area contributed by atoms with Crippen molar-refractivity contribution < 1.29 is 0 Å². The van der Waals surface area contributed by atoms with Crippen LogP contribution in [-0.2, 0) is 0 Å². The smallest absolute Gasteiger partial charge is 0.160 e. The first-order chi connectivity index (χ1) is 22.8. The van der Waals surface area contributed by atoms with Crippen LogP contribution in [0.25, 0.3) is 86.0 Å². The molecule has 5 heteroatoms. The predicted octanol–water partition coefficient (Wildman–Crippen LogP) is 11.8. The molecule has 3 nitrogen and oxygen atoms in total. The SMILES string of the molecule is c1ccc(-c2cccc(-c3cc(-c4cccc5sc6cccc(-c7nc8ccccc8s7)c6c45)nc(-c4ccccc4)n3)c2)cc1. The molecule has 0 fully saturated rings. The number of hydrogen-bond acceptors (Lipinski definition) is 5. The molecule has 6 aromatic carbocycles. The molecule has 0 saturated carbocycles. The zero-order valence-corrected chi connectivity index (χ0v) is 26.2. The van der Waals surface area contributed by atoms with Crippen LogP contribution >= 0.6 is 22.7 Å². The minimum absolute atomic E-state index is 0.709. The number of nitrogens with zero attached hydrogens (tertiary/aromatic N) is 3. The van der Waals surface area contributed by atoms with Gasteiger partial charge in [0.15, 0.2) is 5.82 Å². The Balaban J connectivity index is 1.29. The quantitative estimate of drug-likeness (QED) is 0.191. The zero-order chi connectivity index (χ0) is 30.5. The Hall–Kier alpha value is -5.49. The molecule has 9 aromatic rings. The maximum absolute atomic E-state index is 5.23. The third-order valence-corrected chi connectivity index (χ3v) is 10.5. The minimum atomic E-state index is 0.709. The van der Waals surface area contributed by atoms with Crippen LogP contribution in [0.5, 0.6) is 0 Å². The van der Waals surface area contributed by atoms with Gasteiger partial charge in [-0.05, 0) is 47.5 Å². The maximum Gasteiger partial charge on any atom is 0.160 e. The fourth-order valence-electron chi connectivity index (χ4n) is 6.18. The summed E-state index contributed by atoms with van der Waals surface area (Å²) in [5.41, 5.74) is 9.46. The molecule has 0 atom stereocenters. The van der Waals surface area contributed by atoms with Gasteiger partial charge in [0.05, 0.1) is 21.6 Å². The number of benzene rings is 6. The van der Waals surface area contributed by atoms with Gasteiger partial charge in [0.2, 0.25) is 0 Å². The van der Waals surface area contributed by atoms with Gasteiger partial charge < -0.3 is 0 Å². The third kappa shape index (κ3) is 4.69. The van der Waals surface area contributed by atoms with Gasteiger partial charge in [0.25, 0.3) is 0 Å². The number of thiazole rings is 1. The monoisotopic (exact) mass is 623 g/mol. The van der Waals surface area contributed by atoms with E-state index >= 15 is 0 Å². The van der Waals surface area contributed by atoms with E-state index in [1.54, 1.807) is 11.3 Å². The van der Waals surface area contributed by atoms with E-state index in [-0.39, 0.29) is 0 Å². The summed E-state index contributed by atoms with van der Waals surface area (Å²) in [5, 5.41) is 3.47. The predicted molar refractivity (Wildman–Crippen MR) is 195 cm³/mol. The highest BCUT2D eigenvalue weighted by molar-refractivity contribution is 7.26. The lowest BCUT2D eigenvalue weighted by Crippen LogP contribution is -1.96. The molecule has 3 aromatic heterocycles. The second kappa shape index (κ2) is 11.1. The van der Waals surface area contributed by atoms with E-state index in [0.29, 0.717) is 5.82 Å². The first-order valence-corrected chi connectivity index (χ1v) is 16.8. The van der Waals surface area contributed by atoms with Crippen molar-refractivity contribution in [2.24, 2.45) is 0 Å². The van der Waals surface area contributed by atoms with E-state index < -0.39 is 0 Å². The average molecular weight is 624 g/mol. The molecule has 0 aliphatic heterocycles. The number of para-hydroxylation sites is 1. The molecule has 0 bridgehead atoms. The first kappa shape index (κ1) is 26.9. The van der Waals surface area contributed by atoms with E-state index in [1.165, 1.54) is 30.4 Å². The van der Waals surface area contributed by atoms with Gasteiger partial charge in [-0.25, -0.2) is 15.0 Å². The number of hydrogen-bond donors (Lipinski definition) is 0. The molecule has 46 heavy (non-hydrogen) atoms. The lowest BCUT2D eigenvalue weighted by Gasteiger charge is -2.12. The van der Waals surface area contributed by atoms with Gasteiger partial charge >= 0.3 is 0 Å². The highest BCUT2D eigenvalue weighted by atomic mass is 32.1. The van der Waals surface area contributed by atoms with E-state index in [9.17, 15) is 0 Å². The van der Waals surface area contributed by atoms with Crippen molar-refractivity contribution in [1.29, 1.82) is 0 Å². The van der Waals surface area contributed by atoms with Crippen LogP contribution in [0.1, 0.15) is 0 Å². The van der Waals surface area contributed by atoms with Crippen molar-refractivity contribution in [2.45, 2.75) is 0 Å². The van der Waals surface area contributed by atoms with Crippen LogP contribution in [0.3, 0.4) is 0 Å². The summed E-state index contributed by atoms with van der Waals surface area (Å²) in [5.74, 6) is 0.709. The Bertz CT molecular complexity index is 2500. The van der Waals surface area contributed by atoms with Crippen molar-refractivity contribution in [1.82, 2.24) is 15.0 Å². The second-order valence-electron chi connectivity index (χ2n) is 11.2. The number of fused-ring (bicyclic) bond motifs is 4. The molecule has 216 valence electrons. The average Bonchev–Trinajstić information content (AvgIpc) is 3.74. The summed E-state index contributed by atoms with van der Waals surface area (Å²) in [7, 11) is 0. The molecule has 0 amide bonds. The van der Waals surface area contributed by atoms with Crippen LogP contribution in [0.4, 0.5) is 0 Å². The lowest BCUT2D eigenvalue weighted by molar-refractivity contribution is 1.19. The van der Waals surface area contributed by atoms with Crippen LogP contribution < -0.4 is 0 Å². The minimum Gasteiger partial charge on any atom is -0.236 e. The van der Waals surface area contributed by atoms with Gasteiger partial charge in [-0.3, -0.25) is 0 Å². The highest BCUT2D eigenvalue weighted by Crippen LogP contribution is 2.45. The fourth-order valence-corrected chi connectivity index (χ4v) is 8.34. The Labute approximate surface area is 274 Å². The van der Waals surface area contributed by atoms with E-state index in [2.05, 4.69) is 127 Å². The molecular formula is C41H25N3S2. The summed E-state index contributed by atoms with van der Waals surface area (Å²) in [6.45, 7) is 0. The summed E-state index contributed by atoms with van der Waals surface area (Å²) in [6.07, 6.45) is 0. The van der Waals surface area contributed by atoms with Crippen LogP contribution in [-0.4, -0.2) is 15.0 Å². The molecule has 0 saturated heterocycles. The highest BCUT2D eigenvalue weighted by Gasteiger charge is 2.19. The first-order valence-electron chi connectivity index (χ1n) is 15.2. The number of thiophene rings is 1. The summed E-state index contributed by atoms with van der Waals surface area (Å²) in [6, 6.07) is 53.0. The normalized spacial score (nSPS) is 11.5. The Morgan fingerprint density at radius 3 is 1.74 bits per heavy atom. The Morgan fingerprint density at radius 1 is 0.370 bits per heavy atom. The molecule has 0 unspecified atom stereocenters. The molecule has 3 heterocycles. The van der Waals surface area contributed by atoms with Crippen molar-refractivity contribution in [3.63, 3.8) is 0 Å². The standard InChI is InChI=1S/C41H25N3S2/c1-3-12-26(13-4-1)28-16-9-17-29(24-28)33-25-34(43-40(42-33)27-14-5-2-6-15-27)30-18-10-22-36-38(30)39-31(19-11-23-37(39)45-36)41-44-32-20-7-8-21-35(32)46-41/h1-25H. The van der Waals surface area contributed by atoms with Gasteiger partial charge in [-0.1, -0.05) is 115 Å². The zero-order valence-electron chi connectivity index (χ0n) is 24.6. The van der Waals surface area contributed by atoms with E-state index in [0.717, 1.165) is 49.7 Å². The van der Waals surface area contributed by atoms with Crippen molar-refractivity contribution >= 4 is 53.1 Å². The maximum atomic E-state index is 5.23. The molecular weight excluding hydrogens is 599 g/mol. The van der Waals surface area contributed by atoms with Crippen molar-refractivity contribution in [3.05, 3.63) is 152 Å². The summed E-state index contributed by atoms with van der Waals surface area (Å²) >= 11 is 3.57. The summed E-state index contributed by atoms with van der Waals surface area (Å²) in [4.78, 5) is 15.4. The molecule has 0 aliphatic carbocycles. The van der Waals surface area contributed by atoms with E-state index in [1.807, 2.05) is 35.6 Å². The van der Waals surface area contributed by atoms with E-state index in [4.69, 9.17) is 15.0 Å². The summed E-state index contributed by atoms with van der Waals surface area (Å²) < 4.78 is 3.67. The third-order valence-electron chi connectivity index (χ3n) is 8.35. The van der Waals surface area contributed by atoms with Gasteiger partial charge in [0.1, 0.15) is 5.01 Å². The molecule has 0 spiro atoms. The van der Waals surface area contributed by atoms with Crippen molar-refractivity contribution in [3.8, 4) is 55.6 Å². The lowest BCUT2D eigenvalue weighted by atomic mass is 9.98. The number of rotatable bonds is 5. The van der Waals surface area contributed by atoms with Crippen LogP contribution in [0, 0.1) is 0 Å². The van der Waals surface area contributed by atoms with Gasteiger partial charge in [0, 0.05) is 42.4 Å². The second-order valence-corrected chi connectivity index (χ2v) is 13.3. The largest absolute Gasteiger partial charge is 0.236 e. The molecule has 0 N–H and O–H groups in total.